The minimum atomic E-state index is -0.156. The third-order valence-corrected chi connectivity index (χ3v) is 4.40. The van der Waals surface area contributed by atoms with Gasteiger partial charge in [0.25, 0.3) is 0 Å². The average Bonchev–Trinajstić information content (AvgIpc) is 2.33. The first-order chi connectivity index (χ1) is 8.58. The smallest absolute Gasteiger partial charge is 0.0695 e. The van der Waals surface area contributed by atoms with Crippen molar-refractivity contribution in [2.75, 3.05) is 33.7 Å². The Hall–Kier alpha value is -0.120. The maximum atomic E-state index is 10.2. The Balaban J connectivity index is 2.39. The van der Waals surface area contributed by atoms with Crippen LogP contribution in [0.4, 0.5) is 0 Å². The summed E-state index contributed by atoms with van der Waals surface area (Å²) in [5.41, 5.74) is 0. The molecule has 0 aromatic rings. The highest BCUT2D eigenvalue weighted by Gasteiger charge is 2.25. The lowest BCUT2D eigenvalue weighted by Crippen LogP contribution is -2.44. The minimum Gasteiger partial charge on any atom is -0.391 e. The predicted octanol–water partition coefficient (Wildman–Crippen LogP) is 2.20. The van der Waals surface area contributed by atoms with Gasteiger partial charge in [0.2, 0.25) is 0 Å². The van der Waals surface area contributed by atoms with Crippen molar-refractivity contribution in [3.8, 4) is 0 Å². The second-order valence-corrected chi connectivity index (χ2v) is 6.02. The first-order valence-electron chi connectivity index (χ1n) is 7.65. The van der Waals surface area contributed by atoms with Crippen LogP contribution >= 0.6 is 0 Å². The van der Waals surface area contributed by atoms with Gasteiger partial charge in [0.1, 0.15) is 0 Å². The summed E-state index contributed by atoms with van der Waals surface area (Å²) < 4.78 is 0. The molecule has 0 saturated carbocycles. The van der Waals surface area contributed by atoms with Crippen molar-refractivity contribution in [3.63, 3.8) is 0 Å². The molecular formula is C15H32N2O. The molecule has 0 spiro atoms. The van der Waals surface area contributed by atoms with Crippen LogP contribution in [0.5, 0.6) is 0 Å². The number of hydrogen-bond donors (Lipinski definition) is 1. The minimum absolute atomic E-state index is 0.156. The van der Waals surface area contributed by atoms with Gasteiger partial charge in [-0.2, -0.15) is 0 Å². The fraction of sp³-hybridized carbons (Fsp3) is 1.00. The van der Waals surface area contributed by atoms with Gasteiger partial charge in [-0.25, -0.2) is 0 Å². The number of aliphatic hydroxyl groups is 1. The van der Waals surface area contributed by atoms with Crippen LogP contribution in [-0.4, -0.2) is 60.8 Å². The first kappa shape index (κ1) is 15.9. The molecule has 1 saturated heterocycles. The molecule has 2 unspecified atom stereocenters. The number of likely N-dealkylation sites (tertiary alicyclic amines) is 1. The standard InChI is InChI=1S/C15H32N2O/c1-5-7-15(18)14(6-2)17(4)12-13-8-10-16(3)11-9-13/h13-15,18H,5-12H2,1-4H3. The van der Waals surface area contributed by atoms with Gasteiger partial charge >= 0.3 is 0 Å². The zero-order chi connectivity index (χ0) is 13.5. The molecule has 0 bridgehead atoms. The van der Waals surface area contributed by atoms with Gasteiger partial charge in [-0.15, -0.1) is 0 Å². The normalized spacial score (nSPS) is 22.3. The maximum absolute atomic E-state index is 10.2. The van der Waals surface area contributed by atoms with Crippen molar-refractivity contribution in [2.24, 2.45) is 5.92 Å². The second-order valence-electron chi connectivity index (χ2n) is 6.02. The molecule has 1 aliphatic heterocycles. The van der Waals surface area contributed by atoms with Crippen molar-refractivity contribution < 1.29 is 5.11 Å². The Bertz CT molecular complexity index is 215. The van der Waals surface area contributed by atoms with Crippen LogP contribution in [0.1, 0.15) is 46.0 Å². The average molecular weight is 256 g/mol. The van der Waals surface area contributed by atoms with Crippen molar-refractivity contribution in [1.82, 2.24) is 9.80 Å². The molecule has 0 amide bonds. The highest BCUT2D eigenvalue weighted by atomic mass is 16.3. The third kappa shape index (κ3) is 4.87. The topological polar surface area (TPSA) is 26.7 Å². The summed E-state index contributed by atoms with van der Waals surface area (Å²) in [6.07, 6.45) is 5.50. The molecule has 1 aliphatic rings. The van der Waals surface area contributed by atoms with E-state index in [1.54, 1.807) is 0 Å². The van der Waals surface area contributed by atoms with Crippen LogP contribution in [0.15, 0.2) is 0 Å². The molecule has 1 rings (SSSR count). The van der Waals surface area contributed by atoms with Gasteiger partial charge in [0.15, 0.2) is 0 Å². The van der Waals surface area contributed by atoms with Gasteiger partial charge in [-0.05, 0) is 58.8 Å². The van der Waals surface area contributed by atoms with Crippen molar-refractivity contribution in [1.29, 1.82) is 0 Å². The number of rotatable bonds is 7. The van der Waals surface area contributed by atoms with E-state index in [1.807, 2.05) is 0 Å². The number of hydrogen-bond acceptors (Lipinski definition) is 3. The molecule has 0 aliphatic carbocycles. The van der Waals surface area contributed by atoms with E-state index in [4.69, 9.17) is 0 Å². The SMILES string of the molecule is CCCC(O)C(CC)N(C)CC1CCN(C)CC1. The Morgan fingerprint density at radius 2 is 1.89 bits per heavy atom. The van der Waals surface area contributed by atoms with E-state index in [0.29, 0.717) is 6.04 Å². The molecule has 0 aromatic heterocycles. The number of aliphatic hydroxyl groups excluding tert-OH is 1. The van der Waals surface area contributed by atoms with Gasteiger partial charge in [0.05, 0.1) is 6.10 Å². The van der Waals surface area contributed by atoms with Crippen LogP contribution in [0, 0.1) is 5.92 Å². The molecular weight excluding hydrogens is 224 g/mol. The van der Waals surface area contributed by atoms with Gasteiger partial charge in [-0.3, -0.25) is 0 Å². The van der Waals surface area contributed by atoms with Crippen LogP contribution in [-0.2, 0) is 0 Å². The Morgan fingerprint density at radius 3 is 2.39 bits per heavy atom. The lowest BCUT2D eigenvalue weighted by molar-refractivity contribution is 0.0406. The number of piperidine rings is 1. The van der Waals surface area contributed by atoms with E-state index in [0.717, 1.165) is 31.7 Å². The molecule has 108 valence electrons. The van der Waals surface area contributed by atoms with Gasteiger partial charge in [-0.1, -0.05) is 20.3 Å². The molecule has 1 fully saturated rings. The summed E-state index contributed by atoms with van der Waals surface area (Å²) in [6, 6.07) is 0.338. The fourth-order valence-electron chi connectivity index (χ4n) is 3.15. The summed E-state index contributed by atoms with van der Waals surface area (Å²) in [7, 11) is 4.39. The van der Waals surface area contributed by atoms with Crippen LogP contribution in [0.3, 0.4) is 0 Å². The lowest BCUT2D eigenvalue weighted by atomic mass is 9.94. The Morgan fingerprint density at radius 1 is 1.28 bits per heavy atom. The van der Waals surface area contributed by atoms with Gasteiger partial charge in [0, 0.05) is 12.6 Å². The summed E-state index contributed by atoms with van der Waals surface area (Å²) >= 11 is 0. The summed E-state index contributed by atoms with van der Waals surface area (Å²) in [5.74, 6) is 0.814. The molecule has 3 nitrogen and oxygen atoms in total. The maximum Gasteiger partial charge on any atom is 0.0695 e. The molecule has 1 N–H and O–H groups in total. The van der Waals surface area contributed by atoms with Crippen molar-refractivity contribution in [3.05, 3.63) is 0 Å². The molecule has 0 aromatic carbocycles. The third-order valence-electron chi connectivity index (χ3n) is 4.40. The second kappa shape index (κ2) is 8.13. The summed E-state index contributed by atoms with van der Waals surface area (Å²) in [4.78, 5) is 4.82. The van der Waals surface area contributed by atoms with Crippen molar-refractivity contribution in [2.45, 2.75) is 58.1 Å². The first-order valence-corrected chi connectivity index (χ1v) is 7.65. The molecule has 0 radical (unpaired) electrons. The van der Waals surface area contributed by atoms with Crippen LogP contribution in [0.25, 0.3) is 0 Å². The fourth-order valence-corrected chi connectivity index (χ4v) is 3.15. The van der Waals surface area contributed by atoms with Gasteiger partial charge < -0.3 is 14.9 Å². The van der Waals surface area contributed by atoms with E-state index >= 15 is 0 Å². The summed E-state index contributed by atoms with van der Waals surface area (Å²) in [5, 5.41) is 10.2. The molecule has 2 atom stereocenters. The van der Waals surface area contributed by atoms with E-state index in [-0.39, 0.29) is 6.10 Å². The van der Waals surface area contributed by atoms with Crippen molar-refractivity contribution >= 4 is 0 Å². The highest BCUT2D eigenvalue weighted by Crippen LogP contribution is 2.20. The van der Waals surface area contributed by atoms with Crippen LogP contribution in [0.2, 0.25) is 0 Å². The predicted molar refractivity (Wildman–Crippen MR) is 77.8 cm³/mol. The Kier molecular flexibility index (Phi) is 7.20. The van der Waals surface area contributed by atoms with E-state index in [9.17, 15) is 5.11 Å². The van der Waals surface area contributed by atoms with E-state index in [2.05, 4.69) is 37.7 Å². The summed E-state index contributed by atoms with van der Waals surface area (Å²) in [6.45, 7) is 7.94. The monoisotopic (exact) mass is 256 g/mol. The Labute approximate surface area is 113 Å². The molecule has 1 heterocycles. The molecule has 3 heteroatoms. The zero-order valence-electron chi connectivity index (χ0n) is 12.7. The van der Waals surface area contributed by atoms with Crippen LogP contribution < -0.4 is 0 Å². The quantitative estimate of drug-likeness (QED) is 0.756. The largest absolute Gasteiger partial charge is 0.391 e. The van der Waals surface area contributed by atoms with E-state index in [1.165, 1.54) is 25.9 Å². The number of likely N-dealkylation sites (N-methyl/N-ethyl adjacent to an activating group) is 1. The molecule has 18 heavy (non-hydrogen) atoms. The zero-order valence-corrected chi connectivity index (χ0v) is 12.7. The number of nitrogens with zero attached hydrogens (tertiary/aromatic N) is 2. The van der Waals surface area contributed by atoms with E-state index < -0.39 is 0 Å². The highest BCUT2D eigenvalue weighted by molar-refractivity contribution is 4.79. The lowest BCUT2D eigenvalue weighted by Gasteiger charge is -2.36.